The zero-order valence-electron chi connectivity index (χ0n) is 12.2. The second kappa shape index (κ2) is 5.60. The fourth-order valence-electron chi connectivity index (χ4n) is 3.21. The van der Waals surface area contributed by atoms with Crippen LogP contribution in [0.3, 0.4) is 0 Å². The zero-order chi connectivity index (χ0) is 13.2. The molecule has 1 atom stereocenters. The first-order valence-electron chi connectivity index (χ1n) is 7.57. The van der Waals surface area contributed by atoms with Gasteiger partial charge in [-0.15, -0.1) is 0 Å². The predicted octanol–water partition coefficient (Wildman–Crippen LogP) is 2.90. The van der Waals surface area contributed by atoms with Gasteiger partial charge in [-0.05, 0) is 37.5 Å². The molecule has 0 bridgehead atoms. The second-order valence-corrected chi connectivity index (χ2v) is 6.76. The lowest BCUT2D eigenvalue weighted by Gasteiger charge is -2.38. The van der Waals surface area contributed by atoms with Crippen LogP contribution in [0.4, 0.5) is 0 Å². The van der Waals surface area contributed by atoms with E-state index >= 15 is 0 Å². The van der Waals surface area contributed by atoms with Gasteiger partial charge in [-0.25, -0.2) is 0 Å². The first kappa shape index (κ1) is 13.9. The van der Waals surface area contributed by atoms with Crippen LogP contribution in [-0.2, 0) is 4.79 Å². The maximum atomic E-state index is 12.3. The smallest absolute Gasteiger partial charge is 0.241 e. The normalized spacial score (nSPS) is 28.9. The van der Waals surface area contributed by atoms with Gasteiger partial charge < -0.3 is 4.90 Å². The molecule has 0 aromatic carbocycles. The molecule has 104 valence electrons. The van der Waals surface area contributed by atoms with E-state index in [9.17, 15) is 4.79 Å². The Morgan fingerprint density at radius 1 is 1.33 bits per heavy atom. The van der Waals surface area contributed by atoms with Gasteiger partial charge in [-0.1, -0.05) is 33.6 Å². The molecule has 0 aromatic rings. The van der Waals surface area contributed by atoms with Gasteiger partial charge in [0.05, 0.1) is 12.7 Å². The highest BCUT2D eigenvalue weighted by atomic mass is 16.2. The summed E-state index contributed by atoms with van der Waals surface area (Å²) in [5, 5.41) is 3.39. The highest BCUT2D eigenvalue weighted by molar-refractivity contribution is 5.84. The van der Waals surface area contributed by atoms with Crippen LogP contribution in [0, 0.1) is 5.41 Å². The van der Waals surface area contributed by atoms with Crippen molar-refractivity contribution in [2.24, 2.45) is 5.41 Å². The first-order valence-corrected chi connectivity index (χ1v) is 7.57. The molecule has 3 nitrogen and oxygen atoms in total. The predicted molar refractivity (Wildman–Crippen MR) is 74.2 cm³/mol. The SMILES string of the molecule is CCCCC1NCN(C2CCC(C)(C)CC2)C1=O. The van der Waals surface area contributed by atoms with Gasteiger partial charge in [0.25, 0.3) is 0 Å². The molecule has 1 N–H and O–H groups in total. The van der Waals surface area contributed by atoms with E-state index in [1.807, 2.05) is 0 Å². The van der Waals surface area contributed by atoms with E-state index in [1.165, 1.54) is 32.1 Å². The fourth-order valence-corrected chi connectivity index (χ4v) is 3.21. The molecule has 1 heterocycles. The molecule has 0 radical (unpaired) electrons. The minimum absolute atomic E-state index is 0.0971. The summed E-state index contributed by atoms with van der Waals surface area (Å²) >= 11 is 0. The third-order valence-electron chi connectivity index (χ3n) is 4.69. The molecule has 1 saturated heterocycles. The van der Waals surface area contributed by atoms with Gasteiger partial charge in [-0.3, -0.25) is 10.1 Å². The van der Waals surface area contributed by atoms with Crippen LogP contribution in [-0.4, -0.2) is 29.6 Å². The van der Waals surface area contributed by atoms with Crippen molar-refractivity contribution in [3.05, 3.63) is 0 Å². The summed E-state index contributed by atoms with van der Waals surface area (Å²) in [6.07, 6.45) is 8.19. The Balaban J connectivity index is 1.86. The molecule has 1 saturated carbocycles. The van der Waals surface area contributed by atoms with Gasteiger partial charge >= 0.3 is 0 Å². The van der Waals surface area contributed by atoms with E-state index in [1.54, 1.807) is 0 Å². The van der Waals surface area contributed by atoms with Crippen LogP contribution in [0.1, 0.15) is 65.7 Å². The Morgan fingerprint density at radius 3 is 2.61 bits per heavy atom. The maximum Gasteiger partial charge on any atom is 0.241 e. The number of hydrogen-bond acceptors (Lipinski definition) is 2. The van der Waals surface area contributed by atoms with Crippen molar-refractivity contribution in [3.63, 3.8) is 0 Å². The molecule has 18 heavy (non-hydrogen) atoms. The lowest BCUT2D eigenvalue weighted by Crippen LogP contribution is -2.42. The van der Waals surface area contributed by atoms with Crippen LogP contribution in [0.15, 0.2) is 0 Å². The Kier molecular flexibility index (Phi) is 4.31. The summed E-state index contributed by atoms with van der Waals surface area (Å²) in [6.45, 7) is 7.65. The lowest BCUT2D eigenvalue weighted by molar-refractivity contribution is -0.132. The topological polar surface area (TPSA) is 32.3 Å². The van der Waals surface area contributed by atoms with Gasteiger partial charge in [0.1, 0.15) is 0 Å². The van der Waals surface area contributed by atoms with E-state index in [4.69, 9.17) is 0 Å². The molecule has 2 aliphatic rings. The molecular weight excluding hydrogens is 224 g/mol. The number of rotatable bonds is 4. The van der Waals surface area contributed by atoms with E-state index in [2.05, 4.69) is 31.0 Å². The molecule has 1 aliphatic carbocycles. The number of nitrogens with zero attached hydrogens (tertiary/aromatic N) is 1. The molecule has 2 fully saturated rings. The second-order valence-electron chi connectivity index (χ2n) is 6.76. The Hall–Kier alpha value is -0.570. The highest BCUT2D eigenvalue weighted by Gasteiger charge is 2.37. The van der Waals surface area contributed by atoms with Crippen molar-refractivity contribution in [2.75, 3.05) is 6.67 Å². The first-order chi connectivity index (χ1) is 8.53. The van der Waals surface area contributed by atoms with Crippen LogP contribution in [0.2, 0.25) is 0 Å². The van der Waals surface area contributed by atoms with Gasteiger partial charge in [0.2, 0.25) is 5.91 Å². The number of hydrogen-bond donors (Lipinski definition) is 1. The minimum Gasteiger partial charge on any atom is -0.326 e. The number of carbonyl (C=O) groups excluding carboxylic acids is 1. The standard InChI is InChI=1S/C15H28N2O/c1-4-5-6-13-14(18)17(11-16-13)12-7-9-15(2,3)10-8-12/h12-13,16H,4-11H2,1-3H3. The molecule has 1 aliphatic heterocycles. The molecule has 2 rings (SSSR count). The van der Waals surface area contributed by atoms with Crippen molar-refractivity contribution in [1.82, 2.24) is 10.2 Å². The number of amides is 1. The van der Waals surface area contributed by atoms with Crippen LogP contribution in [0.25, 0.3) is 0 Å². The van der Waals surface area contributed by atoms with Gasteiger partial charge in [0.15, 0.2) is 0 Å². The van der Waals surface area contributed by atoms with Crippen LogP contribution < -0.4 is 5.32 Å². The van der Waals surface area contributed by atoms with Gasteiger partial charge in [0, 0.05) is 6.04 Å². The summed E-state index contributed by atoms with van der Waals surface area (Å²) in [5.41, 5.74) is 0.480. The third kappa shape index (κ3) is 3.05. The van der Waals surface area contributed by atoms with E-state index in [0.717, 1.165) is 19.5 Å². The monoisotopic (exact) mass is 252 g/mol. The van der Waals surface area contributed by atoms with E-state index in [0.29, 0.717) is 17.4 Å². The van der Waals surface area contributed by atoms with Crippen molar-refractivity contribution in [1.29, 1.82) is 0 Å². The van der Waals surface area contributed by atoms with Gasteiger partial charge in [-0.2, -0.15) is 0 Å². The van der Waals surface area contributed by atoms with Crippen LogP contribution in [0.5, 0.6) is 0 Å². The number of carbonyl (C=O) groups is 1. The number of unbranched alkanes of at least 4 members (excludes halogenated alkanes) is 1. The van der Waals surface area contributed by atoms with Crippen molar-refractivity contribution >= 4 is 5.91 Å². The summed E-state index contributed by atoms with van der Waals surface area (Å²) in [4.78, 5) is 14.4. The molecule has 3 heteroatoms. The lowest BCUT2D eigenvalue weighted by atomic mass is 9.75. The average Bonchev–Trinajstić information content (AvgIpc) is 2.68. The highest BCUT2D eigenvalue weighted by Crippen LogP contribution is 2.37. The molecule has 0 aromatic heterocycles. The Morgan fingerprint density at radius 2 is 2.00 bits per heavy atom. The van der Waals surface area contributed by atoms with Crippen molar-refractivity contribution < 1.29 is 4.79 Å². The summed E-state index contributed by atoms with van der Waals surface area (Å²) in [5.74, 6) is 0.355. The summed E-state index contributed by atoms with van der Waals surface area (Å²) < 4.78 is 0. The van der Waals surface area contributed by atoms with Crippen molar-refractivity contribution in [2.45, 2.75) is 77.8 Å². The number of nitrogens with one attached hydrogen (secondary N) is 1. The molecule has 0 spiro atoms. The summed E-state index contributed by atoms with van der Waals surface area (Å²) in [7, 11) is 0. The maximum absolute atomic E-state index is 12.3. The average molecular weight is 252 g/mol. The van der Waals surface area contributed by atoms with E-state index in [-0.39, 0.29) is 6.04 Å². The van der Waals surface area contributed by atoms with Crippen molar-refractivity contribution in [3.8, 4) is 0 Å². The molecule has 1 unspecified atom stereocenters. The summed E-state index contributed by atoms with van der Waals surface area (Å²) in [6, 6.07) is 0.588. The largest absolute Gasteiger partial charge is 0.326 e. The zero-order valence-corrected chi connectivity index (χ0v) is 12.2. The Bertz CT molecular complexity index is 291. The molecule has 1 amide bonds. The van der Waals surface area contributed by atoms with E-state index < -0.39 is 0 Å². The Labute approximate surface area is 111 Å². The quantitative estimate of drug-likeness (QED) is 0.834. The van der Waals surface area contributed by atoms with Crippen LogP contribution >= 0.6 is 0 Å². The third-order valence-corrected chi connectivity index (χ3v) is 4.69. The molecular formula is C15H28N2O. The minimum atomic E-state index is 0.0971. The fraction of sp³-hybridized carbons (Fsp3) is 0.933.